The fourth-order valence-corrected chi connectivity index (χ4v) is 3.12. The molecule has 4 rings (SSSR count). The van der Waals surface area contributed by atoms with Crippen LogP contribution in [0.3, 0.4) is 0 Å². The second-order valence-electron chi connectivity index (χ2n) is 6.23. The van der Waals surface area contributed by atoms with Crippen molar-refractivity contribution < 1.29 is 4.42 Å². The standard InChI is InChI=1S/C20H19N3O2/c1-13-3-5-17-16(11-13)20(24)23(9-2-8-21)19(22-17)15-4-6-18-14(12-15)7-10-25-18/h3-7,10-12H,2,8-9,21H2,1H3. The summed E-state index contributed by atoms with van der Waals surface area (Å²) in [6, 6.07) is 13.5. The molecule has 2 aromatic carbocycles. The first kappa shape index (κ1) is 15.6. The van der Waals surface area contributed by atoms with Crippen molar-refractivity contribution in [2.75, 3.05) is 6.54 Å². The fraction of sp³-hybridized carbons (Fsp3) is 0.200. The number of fused-ring (bicyclic) bond motifs is 2. The van der Waals surface area contributed by atoms with Crippen molar-refractivity contribution in [1.82, 2.24) is 9.55 Å². The summed E-state index contributed by atoms with van der Waals surface area (Å²) in [6.45, 7) is 3.05. The first-order chi connectivity index (χ1) is 12.2. The molecule has 0 radical (unpaired) electrons. The van der Waals surface area contributed by atoms with E-state index >= 15 is 0 Å². The summed E-state index contributed by atoms with van der Waals surface area (Å²) in [5.41, 5.74) is 9.11. The molecule has 5 nitrogen and oxygen atoms in total. The van der Waals surface area contributed by atoms with Crippen molar-refractivity contribution in [2.45, 2.75) is 19.9 Å². The van der Waals surface area contributed by atoms with Crippen molar-refractivity contribution in [3.63, 3.8) is 0 Å². The van der Waals surface area contributed by atoms with E-state index < -0.39 is 0 Å². The summed E-state index contributed by atoms with van der Waals surface area (Å²) in [7, 11) is 0. The van der Waals surface area contributed by atoms with Crippen LogP contribution in [0, 0.1) is 6.92 Å². The molecule has 126 valence electrons. The molecule has 0 aliphatic rings. The number of nitrogens with zero attached hydrogens (tertiary/aromatic N) is 2. The van der Waals surface area contributed by atoms with Gasteiger partial charge in [-0.25, -0.2) is 4.98 Å². The summed E-state index contributed by atoms with van der Waals surface area (Å²) in [4.78, 5) is 17.8. The number of hydrogen-bond donors (Lipinski definition) is 1. The molecule has 2 aromatic heterocycles. The van der Waals surface area contributed by atoms with Gasteiger partial charge in [-0.05, 0) is 56.3 Å². The van der Waals surface area contributed by atoms with Crippen molar-refractivity contribution in [3.8, 4) is 11.4 Å². The minimum Gasteiger partial charge on any atom is -0.464 e. The highest BCUT2D eigenvalue weighted by Gasteiger charge is 2.13. The number of aryl methyl sites for hydroxylation is 1. The third-order valence-electron chi connectivity index (χ3n) is 4.41. The van der Waals surface area contributed by atoms with Gasteiger partial charge < -0.3 is 10.2 Å². The normalized spacial score (nSPS) is 11.4. The Morgan fingerprint density at radius 2 is 2.04 bits per heavy atom. The number of rotatable bonds is 4. The van der Waals surface area contributed by atoms with E-state index in [9.17, 15) is 4.79 Å². The third-order valence-corrected chi connectivity index (χ3v) is 4.41. The van der Waals surface area contributed by atoms with E-state index in [2.05, 4.69) is 0 Å². The highest BCUT2D eigenvalue weighted by molar-refractivity contribution is 5.84. The molecule has 5 heteroatoms. The summed E-state index contributed by atoms with van der Waals surface area (Å²) < 4.78 is 7.14. The van der Waals surface area contributed by atoms with Gasteiger partial charge in [0, 0.05) is 17.5 Å². The van der Waals surface area contributed by atoms with E-state index in [-0.39, 0.29) is 5.56 Å². The smallest absolute Gasteiger partial charge is 0.261 e. The molecule has 0 aliphatic carbocycles. The van der Waals surface area contributed by atoms with Crippen LogP contribution < -0.4 is 11.3 Å². The molecule has 0 bridgehead atoms. The summed E-state index contributed by atoms with van der Waals surface area (Å²) in [6.07, 6.45) is 2.38. The first-order valence-electron chi connectivity index (χ1n) is 8.36. The van der Waals surface area contributed by atoms with Crippen LogP contribution in [0.15, 0.2) is 57.9 Å². The minimum atomic E-state index is -0.0237. The van der Waals surface area contributed by atoms with Crippen molar-refractivity contribution in [2.24, 2.45) is 5.73 Å². The number of benzene rings is 2. The lowest BCUT2D eigenvalue weighted by molar-refractivity contribution is 0.616. The topological polar surface area (TPSA) is 74.1 Å². The lowest BCUT2D eigenvalue weighted by atomic mass is 10.1. The Bertz CT molecular complexity index is 1120. The summed E-state index contributed by atoms with van der Waals surface area (Å²) in [5, 5.41) is 1.63. The van der Waals surface area contributed by atoms with Crippen LogP contribution in [0.1, 0.15) is 12.0 Å². The van der Waals surface area contributed by atoms with Crippen LogP contribution in [0.2, 0.25) is 0 Å². The maximum atomic E-state index is 13.1. The molecule has 0 unspecified atom stereocenters. The fourth-order valence-electron chi connectivity index (χ4n) is 3.12. The van der Waals surface area contributed by atoms with E-state index in [1.54, 1.807) is 10.8 Å². The molecule has 0 fully saturated rings. The van der Waals surface area contributed by atoms with Crippen LogP contribution in [0.4, 0.5) is 0 Å². The molecule has 0 saturated heterocycles. The van der Waals surface area contributed by atoms with Crippen LogP contribution in [0.25, 0.3) is 33.3 Å². The van der Waals surface area contributed by atoms with Gasteiger partial charge in [0.1, 0.15) is 11.4 Å². The van der Waals surface area contributed by atoms with Gasteiger partial charge in [-0.1, -0.05) is 11.6 Å². The molecule has 2 heterocycles. The number of furan rings is 1. The largest absolute Gasteiger partial charge is 0.464 e. The second kappa shape index (κ2) is 6.18. The van der Waals surface area contributed by atoms with E-state index in [4.69, 9.17) is 15.1 Å². The highest BCUT2D eigenvalue weighted by atomic mass is 16.3. The van der Waals surface area contributed by atoms with Gasteiger partial charge in [0.05, 0.1) is 17.2 Å². The van der Waals surface area contributed by atoms with Crippen LogP contribution in [-0.2, 0) is 6.54 Å². The average molecular weight is 333 g/mol. The van der Waals surface area contributed by atoms with E-state index in [0.717, 1.165) is 28.5 Å². The number of hydrogen-bond acceptors (Lipinski definition) is 4. The molecular formula is C20H19N3O2. The number of aromatic nitrogens is 2. The zero-order valence-electron chi connectivity index (χ0n) is 14.0. The van der Waals surface area contributed by atoms with Crippen molar-refractivity contribution >= 4 is 21.9 Å². The molecule has 0 saturated carbocycles. The Morgan fingerprint density at radius 3 is 2.88 bits per heavy atom. The van der Waals surface area contributed by atoms with Crippen molar-refractivity contribution in [3.05, 3.63) is 64.6 Å². The first-order valence-corrected chi connectivity index (χ1v) is 8.36. The van der Waals surface area contributed by atoms with Gasteiger partial charge in [-0.3, -0.25) is 9.36 Å². The maximum Gasteiger partial charge on any atom is 0.261 e. The molecule has 0 spiro atoms. The van der Waals surface area contributed by atoms with Gasteiger partial charge >= 0.3 is 0 Å². The second-order valence-corrected chi connectivity index (χ2v) is 6.23. The average Bonchev–Trinajstić information content (AvgIpc) is 3.09. The zero-order valence-corrected chi connectivity index (χ0v) is 14.0. The van der Waals surface area contributed by atoms with Gasteiger partial charge in [-0.2, -0.15) is 0 Å². The Morgan fingerprint density at radius 1 is 1.16 bits per heavy atom. The molecule has 25 heavy (non-hydrogen) atoms. The lowest BCUT2D eigenvalue weighted by Gasteiger charge is -2.14. The molecule has 0 atom stereocenters. The molecule has 2 N–H and O–H groups in total. The Balaban J connectivity index is 1.99. The predicted molar refractivity (Wildman–Crippen MR) is 99.6 cm³/mol. The van der Waals surface area contributed by atoms with Gasteiger partial charge in [-0.15, -0.1) is 0 Å². The predicted octanol–water partition coefficient (Wildman–Crippen LogP) is 3.47. The molecule has 0 amide bonds. The summed E-state index contributed by atoms with van der Waals surface area (Å²) >= 11 is 0. The highest BCUT2D eigenvalue weighted by Crippen LogP contribution is 2.25. The Hall–Kier alpha value is -2.92. The molecular weight excluding hydrogens is 314 g/mol. The molecule has 0 aliphatic heterocycles. The van der Waals surface area contributed by atoms with Crippen molar-refractivity contribution in [1.29, 1.82) is 0 Å². The number of nitrogens with two attached hydrogens (primary N) is 1. The Kier molecular flexibility index (Phi) is 3.86. The van der Waals surface area contributed by atoms with Crippen LogP contribution >= 0.6 is 0 Å². The quantitative estimate of drug-likeness (QED) is 0.620. The SMILES string of the molecule is Cc1ccc2nc(-c3ccc4occc4c3)n(CCCN)c(=O)c2c1. The van der Waals surface area contributed by atoms with Gasteiger partial charge in [0.25, 0.3) is 5.56 Å². The third kappa shape index (κ3) is 2.72. The molecule has 4 aromatic rings. The maximum absolute atomic E-state index is 13.1. The van der Waals surface area contributed by atoms with Crippen LogP contribution in [-0.4, -0.2) is 16.1 Å². The zero-order chi connectivity index (χ0) is 17.4. The van der Waals surface area contributed by atoms with E-state index in [0.29, 0.717) is 29.8 Å². The monoisotopic (exact) mass is 333 g/mol. The van der Waals surface area contributed by atoms with E-state index in [1.807, 2.05) is 49.4 Å². The Labute approximate surface area is 144 Å². The van der Waals surface area contributed by atoms with Crippen LogP contribution in [0.5, 0.6) is 0 Å². The summed E-state index contributed by atoms with van der Waals surface area (Å²) in [5.74, 6) is 0.665. The van der Waals surface area contributed by atoms with Gasteiger partial charge in [0.15, 0.2) is 0 Å². The van der Waals surface area contributed by atoms with Gasteiger partial charge in [0.2, 0.25) is 0 Å². The van der Waals surface area contributed by atoms with E-state index in [1.165, 1.54) is 0 Å². The lowest BCUT2D eigenvalue weighted by Crippen LogP contribution is -2.24. The minimum absolute atomic E-state index is 0.0237.